The maximum absolute atomic E-state index is 11.3. The largest absolute Gasteiger partial charge is 0.355 e. The molecule has 1 atom stereocenters. The number of carbonyl (C=O) groups is 1. The molecule has 2 heterocycles. The number of hydrogen-bond acceptors (Lipinski definition) is 2. The first-order valence-electron chi connectivity index (χ1n) is 7.10. The fourth-order valence-corrected chi connectivity index (χ4v) is 3.00. The van der Waals surface area contributed by atoms with Gasteiger partial charge in [0.15, 0.2) is 0 Å². The Bertz CT molecular complexity index is 804. The van der Waals surface area contributed by atoms with Crippen LogP contribution in [0.15, 0.2) is 48.7 Å². The monoisotopic (exact) mass is 277 g/mol. The molecule has 0 aliphatic carbocycles. The van der Waals surface area contributed by atoms with Crippen LogP contribution in [0.2, 0.25) is 0 Å². The zero-order valence-corrected chi connectivity index (χ0v) is 11.5. The van der Waals surface area contributed by atoms with Gasteiger partial charge < -0.3 is 5.32 Å². The number of aromatic amines is 1. The Kier molecular flexibility index (Phi) is 2.74. The lowest BCUT2D eigenvalue weighted by atomic mass is 9.95. The van der Waals surface area contributed by atoms with Gasteiger partial charge in [0.1, 0.15) is 0 Å². The number of fused-ring (bicyclic) bond motifs is 1. The lowest BCUT2D eigenvalue weighted by molar-refractivity contribution is -0.119. The van der Waals surface area contributed by atoms with Crippen molar-refractivity contribution in [2.75, 3.05) is 6.54 Å². The molecule has 4 heteroatoms. The van der Waals surface area contributed by atoms with E-state index in [0.717, 1.165) is 17.4 Å². The van der Waals surface area contributed by atoms with Crippen molar-refractivity contribution in [1.82, 2.24) is 15.5 Å². The molecule has 104 valence electrons. The van der Waals surface area contributed by atoms with E-state index < -0.39 is 0 Å². The van der Waals surface area contributed by atoms with Crippen molar-refractivity contribution in [3.05, 3.63) is 54.2 Å². The van der Waals surface area contributed by atoms with E-state index in [2.05, 4.69) is 45.8 Å². The minimum Gasteiger partial charge on any atom is -0.355 e. The Balaban J connectivity index is 1.70. The van der Waals surface area contributed by atoms with E-state index >= 15 is 0 Å². The molecule has 2 aromatic carbocycles. The number of benzene rings is 2. The highest BCUT2D eigenvalue weighted by Gasteiger charge is 2.22. The van der Waals surface area contributed by atoms with Crippen molar-refractivity contribution in [1.29, 1.82) is 0 Å². The second-order valence-corrected chi connectivity index (χ2v) is 5.46. The van der Waals surface area contributed by atoms with Crippen molar-refractivity contribution in [3.63, 3.8) is 0 Å². The van der Waals surface area contributed by atoms with Crippen molar-refractivity contribution in [2.45, 2.75) is 12.3 Å². The number of carbonyl (C=O) groups excluding carboxylic acids is 1. The highest BCUT2D eigenvalue weighted by molar-refractivity contribution is 5.94. The van der Waals surface area contributed by atoms with Gasteiger partial charge in [0.05, 0.1) is 11.7 Å². The Morgan fingerprint density at radius 1 is 1.10 bits per heavy atom. The summed E-state index contributed by atoms with van der Waals surface area (Å²) in [6.07, 6.45) is 2.45. The van der Waals surface area contributed by atoms with E-state index in [1.165, 1.54) is 16.7 Å². The van der Waals surface area contributed by atoms with Gasteiger partial charge in [-0.15, -0.1) is 0 Å². The van der Waals surface area contributed by atoms with E-state index in [1.807, 2.05) is 18.3 Å². The molecule has 4 rings (SSSR count). The Hall–Kier alpha value is -2.62. The van der Waals surface area contributed by atoms with Gasteiger partial charge >= 0.3 is 0 Å². The van der Waals surface area contributed by atoms with E-state index in [9.17, 15) is 4.79 Å². The van der Waals surface area contributed by atoms with Crippen LogP contribution in [0, 0.1) is 0 Å². The van der Waals surface area contributed by atoms with E-state index in [0.29, 0.717) is 12.3 Å². The third-order valence-electron chi connectivity index (χ3n) is 4.16. The first-order valence-corrected chi connectivity index (χ1v) is 7.10. The molecule has 0 radical (unpaired) electrons. The normalized spacial score (nSPS) is 18.1. The quantitative estimate of drug-likeness (QED) is 0.756. The van der Waals surface area contributed by atoms with Crippen LogP contribution in [0.25, 0.3) is 22.0 Å². The molecule has 0 saturated carbocycles. The van der Waals surface area contributed by atoms with Gasteiger partial charge in [-0.25, -0.2) is 0 Å². The molecule has 1 unspecified atom stereocenters. The Morgan fingerprint density at radius 3 is 2.71 bits per heavy atom. The zero-order chi connectivity index (χ0) is 14.2. The Morgan fingerprint density at radius 2 is 1.95 bits per heavy atom. The highest BCUT2D eigenvalue weighted by atomic mass is 16.1. The van der Waals surface area contributed by atoms with Gasteiger partial charge in [-0.2, -0.15) is 5.10 Å². The van der Waals surface area contributed by atoms with Crippen LogP contribution in [0.3, 0.4) is 0 Å². The zero-order valence-electron chi connectivity index (χ0n) is 11.5. The molecule has 1 fully saturated rings. The first kappa shape index (κ1) is 12.1. The molecule has 4 nitrogen and oxygen atoms in total. The number of amides is 1. The van der Waals surface area contributed by atoms with Crippen LogP contribution in [-0.4, -0.2) is 22.6 Å². The summed E-state index contributed by atoms with van der Waals surface area (Å²) in [6.45, 7) is 0.746. The molecule has 0 spiro atoms. The SMILES string of the molecule is O=C1CC(c2ccc(-c3cccc4[nH]ncc34)cc2)CN1. The van der Waals surface area contributed by atoms with Crippen LogP contribution >= 0.6 is 0 Å². The topological polar surface area (TPSA) is 57.8 Å². The van der Waals surface area contributed by atoms with Gasteiger partial charge in [-0.3, -0.25) is 9.89 Å². The summed E-state index contributed by atoms with van der Waals surface area (Å²) in [7, 11) is 0. The highest BCUT2D eigenvalue weighted by Crippen LogP contribution is 2.30. The minimum absolute atomic E-state index is 0.146. The predicted molar refractivity (Wildman–Crippen MR) is 81.9 cm³/mol. The molecule has 0 bridgehead atoms. The van der Waals surface area contributed by atoms with Crippen LogP contribution in [0.4, 0.5) is 0 Å². The maximum atomic E-state index is 11.3. The number of H-pyrrole nitrogens is 1. The third kappa shape index (κ3) is 2.09. The van der Waals surface area contributed by atoms with Gasteiger partial charge in [-0.1, -0.05) is 36.4 Å². The molecule has 1 amide bonds. The predicted octanol–water partition coefficient (Wildman–Crippen LogP) is 2.83. The molecule has 1 aliphatic heterocycles. The molecular formula is C17H15N3O. The van der Waals surface area contributed by atoms with Crippen molar-refractivity contribution in [2.24, 2.45) is 0 Å². The summed E-state index contributed by atoms with van der Waals surface area (Å²) in [6, 6.07) is 14.7. The van der Waals surface area contributed by atoms with E-state index in [4.69, 9.17) is 0 Å². The fourth-order valence-electron chi connectivity index (χ4n) is 3.00. The number of aromatic nitrogens is 2. The summed E-state index contributed by atoms with van der Waals surface area (Å²) < 4.78 is 0. The third-order valence-corrected chi connectivity index (χ3v) is 4.16. The first-order chi connectivity index (χ1) is 10.3. The molecule has 1 aliphatic rings. The van der Waals surface area contributed by atoms with Crippen molar-refractivity contribution in [3.8, 4) is 11.1 Å². The summed E-state index contributed by atoms with van der Waals surface area (Å²) in [5.41, 5.74) is 4.61. The molecule has 2 N–H and O–H groups in total. The molecule has 21 heavy (non-hydrogen) atoms. The summed E-state index contributed by atoms with van der Waals surface area (Å²) in [4.78, 5) is 11.3. The average molecular weight is 277 g/mol. The average Bonchev–Trinajstić information content (AvgIpc) is 3.15. The van der Waals surface area contributed by atoms with E-state index in [-0.39, 0.29) is 5.91 Å². The number of nitrogens with zero attached hydrogens (tertiary/aromatic N) is 1. The minimum atomic E-state index is 0.146. The van der Waals surface area contributed by atoms with Gasteiger partial charge in [0.2, 0.25) is 5.91 Å². The van der Waals surface area contributed by atoms with Gasteiger partial charge in [-0.05, 0) is 22.8 Å². The lowest BCUT2D eigenvalue weighted by Crippen LogP contribution is -2.13. The molecular weight excluding hydrogens is 262 g/mol. The van der Waals surface area contributed by atoms with Crippen molar-refractivity contribution >= 4 is 16.8 Å². The Labute approximate surface area is 122 Å². The van der Waals surface area contributed by atoms with Gasteiger partial charge in [0, 0.05) is 24.3 Å². The van der Waals surface area contributed by atoms with Crippen LogP contribution in [0.1, 0.15) is 17.9 Å². The second kappa shape index (κ2) is 4.74. The summed E-state index contributed by atoms with van der Waals surface area (Å²) in [5, 5.41) is 11.1. The molecule has 1 saturated heterocycles. The van der Waals surface area contributed by atoms with Crippen LogP contribution in [-0.2, 0) is 4.79 Å². The van der Waals surface area contributed by atoms with Crippen LogP contribution < -0.4 is 5.32 Å². The van der Waals surface area contributed by atoms with Crippen molar-refractivity contribution < 1.29 is 4.79 Å². The molecule has 3 aromatic rings. The summed E-state index contributed by atoms with van der Waals surface area (Å²) >= 11 is 0. The fraction of sp³-hybridized carbons (Fsp3) is 0.176. The lowest BCUT2D eigenvalue weighted by Gasteiger charge is -2.09. The second-order valence-electron chi connectivity index (χ2n) is 5.46. The number of hydrogen-bond donors (Lipinski definition) is 2. The van der Waals surface area contributed by atoms with Gasteiger partial charge in [0.25, 0.3) is 0 Å². The smallest absolute Gasteiger partial charge is 0.220 e. The molecule has 1 aromatic heterocycles. The standard InChI is InChI=1S/C17H15N3O/c21-17-8-13(9-18-17)11-4-6-12(7-5-11)14-2-1-3-16-15(14)10-19-20-16/h1-7,10,13H,8-9H2,(H,18,21)(H,19,20). The maximum Gasteiger partial charge on any atom is 0.220 e. The van der Waals surface area contributed by atoms with E-state index in [1.54, 1.807) is 0 Å². The van der Waals surface area contributed by atoms with Crippen LogP contribution in [0.5, 0.6) is 0 Å². The number of nitrogens with one attached hydrogen (secondary N) is 2. The number of rotatable bonds is 2. The summed E-state index contributed by atoms with van der Waals surface area (Å²) in [5.74, 6) is 0.448.